The highest BCUT2D eigenvalue weighted by Gasteiger charge is 2.15. The van der Waals surface area contributed by atoms with E-state index in [2.05, 4.69) is 12.0 Å². The van der Waals surface area contributed by atoms with E-state index in [1.54, 1.807) is 4.68 Å². The number of hydrogen-bond acceptors (Lipinski definition) is 2. The lowest BCUT2D eigenvalue weighted by atomic mass is 10.2. The largest absolute Gasteiger partial charge is 0.391 e. The van der Waals surface area contributed by atoms with Gasteiger partial charge in [-0.1, -0.05) is 37.1 Å². The van der Waals surface area contributed by atoms with Crippen LogP contribution in [0.2, 0.25) is 5.15 Å². The molecule has 96 valence electrons. The number of halogens is 1. The summed E-state index contributed by atoms with van der Waals surface area (Å²) < 4.78 is 1.70. The minimum Gasteiger partial charge on any atom is -0.391 e. The summed E-state index contributed by atoms with van der Waals surface area (Å²) in [5, 5.41) is 14.4. The number of aromatic nitrogens is 2. The van der Waals surface area contributed by atoms with Crippen LogP contribution in [0.3, 0.4) is 0 Å². The fraction of sp³-hybridized carbons (Fsp3) is 0.357. The normalized spacial score (nSPS) is 10.9. The van der Waals surface area contributed by atoms with Crippen LogP contribution in [0.25, 0.3) is 5.69 Å². The Hall–Kier alpha value is -1.32. The fourth-order valence-corrected chi connectivity index (χ4v) is 2.30. The molecular formula is C14H17ClN2O. The zero-order valence-electron chi connectivity index (χ0n) is 10.7. The Morgan fingerprint density at radius 3 is 2.78 bits per heavy atom. The average molecular weight is 265 g/mol. The lowest BCUT2D eigenvalue weighted by Crippen LogP contribution is -1.97. The molecule has 4 heteroatoms. The lowest BCUT2D eigenvalue weighted by molar-refractivity contribution is 0.280. The van der Waals surface area contributed by atoms with Gasteiger partial charge in [-0.2, -0.15) is 5.10 Å². The third-order valence-corrected chi connectivity index (χ3v) is 3.28. The standard InChI is InChI=1S/C14H17ClN2O/c1-3-5-13-12(9-18)14(15)17(16-13)11-7-4-6-10(2)8-11/h4,6-8,18H,3,5,9H2,1-2H3. The van der Waals surface area contributed by atoms with Crippen molar-refractivity contribution in [3.63, 3.8) is 0 Å². The van der Waals surface area contributed by atoms with E-state index in [-0.39, 0.29) is 6.61 Å². The van der Waals surface area contributed by atoms with E-state index in [0.29, 0.717) is 5.15 Å². The number of hydrogen-bond donors (Lipinski definition) is 1. The van der Waals surface area contributed by atoms with E-state index < -0.39 is 0 Å². The molecule has 2 rings (SSSR count). The highest BCUT2D eigenvalue weighted by molar-refractivity contribution is 6.30. The molecule has 0 fully saturated rings. The second-order valence-corrected chi connectivity index (χ2v) is 4.73. The van der Waals surface area contributed by atoms with Crippen molar-refractivity contribution in [3.8, 4) is 5.69 Å². The maximum atomic E-state index is 9.40. The van der Waals surface area contributed by atoms with Gasteiger partial charge in [-0.05, 0) is 31.0 Å². The molecule has 0 aliphatic heterocycles. The molecule has 3 nitrogen and oxygen atoms in total. The zero-order chi connectivity index (χ0) is 13.1. The Labute approximate surface area is 112 Å². The SMILES string of the molecule is CCCc1nn(-c2cccc(C)c2)c(Cl)c1CO. The second kappa shape index (κ2) is 5.55. The maximum Gasteiger partial charge on any atom is 0.138 e. The third-order valence-electron chi connectivity index (χ3n) is 2.90. The van der Waals surface area contributed by atoms with Crippen molar-refractivity contribution in [1.29, 1.82) is 0 Å². The first-order chi connectivity index (χ1) is 8.67. The van der Waals surface area contributed by atoms with Crippen molar-refractivity contribution in [1.82, 2.24) is 9.78 Å². The lowest BCUT2D eigenvalue weighted by Gasteiger charge is -2.04. The van der Waals surface area contributed by atoms with Crippen molar-refractivity contribution < 1.29 is 5.11 Å². The second-order valence-electron chi connectivity index (χ2n) is 4.37. The number of aryl methyl sites for hydroxylation is 2. The molecule has 18 heavy (non-hydrogen) atoms. The molecule has 0 saturated heterocycles. The van der Waals surface area contributed by atoms with Gasteiger partial charge < -0.3 is 5.11 Å². The molecule has 0 unspecified atom stereocenters. The highest BCUT2D eigenvalue weighted by Crippen LogP contribution is 2.25. The van der Waals surface area contributed by atoms with Crippen molar-refractivity contribution in [2.45, 2.75) is 33.3 Å². The third kappa shape index (κ3) is 2.42. The summed E-state index contributed by atoms with van der Waals surface area (Å²) in [5.74, 6) is 0. The van der Waals surface area contributed by atoms with Crippen LogP contribution in [0, 0.1) is 6.92 Å². The van der Waals surface area contributed by atoms with Gasteiger partial charge in [0.2, 0.25) is 0 Å². The van der Waals surface area contributed by atoms with E-state index >= 15 is 0 Å². The topological polar surface area (TPSA) is 38.0 Å². The van der Waals surface area contributed by atoms with Gasteiger partial charge in [0, 0.05) is 5.56 Å². The number of nitrogens with zero attached hydrogens (tertiary/aromatic N) is 2. The van der Waals surface area contributed by atoms with Crippen LogP contribution in [0.1, 0.15) is 30.2 Å². The first-order valence-corrected chi connectivity index (χ1v) is 6.49. The molecule has 1 heterocycles. The van der Waals surface area contributed by atoms with Gasteiger partial charge in [-0.25, -0.2) is 4.68 Å². The Balaban J connectivity index is 2.51. The summed E-state index contributed by atoms with van der Waals surface area (Å²) in [6.45, 7) is 4.04. The van der Waals surface area contributed by atoms with Gasteiger partial charge in [0.05, 0.1) is 18.0 Å². The molecule has 1 aromatic heterocycles. The van der Waals surface area contributed by atoms with Crippen molar-refractivity contribution in [3.05, 3.63) is 46.2 Å². The van der Waals surface area contributed by atoms with E-state index in [1.807, 2.05) is 31.2 Å². The Bertz CT molecular complexity index is 549. The van der Waals surface area contributed by atoms with Gasteiger partial charge in [0.25, 0.3) is 0 Å². The first kappa shape index (κ1) is 13.1. The number of aliphatic hydroxyl groups is 1. The molecule has 0 bridgehead atoms. The smallest absolute Gasteiger partial charge is 0.138 e. The highest BCUT2D eigenvalue weighted by atomic mass is 35.5. The summed E-state index contributed by atoms with van der Waals surface area (Å²) >= 11 is 6.29. The van der Waals surface area contributed by atoms with Crippen molar-refractivity contribution >= 4 is 11.6 Å². The molecule has 2 aromatic rings. The average Bonchev–Trinajstić information content (AvgIpc) is 2.66. The Kier molecular flexibility index (Phi) is 4.04. The van der Waals surface area contributed by atoms with Gasteiger partial charge in [-0.15, -0.1) is 0 Å². The molecule has 0 aliphatic carbocycles. The van der Waals surface area contributed by atoms with Crippen LogP contribution in [0.15, 0.2) is 24.3 Å². The molecule has 0 atom stereocenters. The van der Waals surface area contributed by atoms with E-state index in [9.17, 15) is 5.11 Å². The minimum atomic E-state index is -0.0695. The molecule has 1 aromatic carbocycles. The first-order valence-electron chi connectivity index (χ1n) is 6.11. The minimum absolute atomic E-state index is 0.0695. The van der Waals surface area contributed by atoms with Crippen LogP contribution in [-0.4, -0.2) is 14.9 Å². The summed E-state index contributed by atoms with van der Waals surface area (Å²) in [4.78, 5) is 0. The molecule has 0 saturated carbocycles. The molecule has 1 N–H and O–H groups in total. The summed E-state index contributed by atoms with van der Waals surface area (Å²) in [6, 6.07) is 7.99. The molecule has 0 spiro atoms. The van der Waals surface area contributed by atoms with E-state index in [1.165, 1.54) is 0 Å². The maximum absolute atomic E-state index is 9.40. The summed E-state index contributed by atoms with van der Waals surface area (Å²) in [5.41, 5.74) is 3.70. The Morgan fingerprint density at radius 2 is 2.17 bits per heavy atom. The van der Waals surface area contributed by atoms with Gasteiger partial charge in [-0.3, -0.25) is 0 Å². The molecule has 0 amide bonds. The Morgan fingerprint density at radius 1 is 1.39 bits per heavy atom. The van der Waals surface area contributed by atoms with Crippen LogP contribution >= 0.6 is 11.6 Å². The van der Waals surface area contributed by atoms with Crippen LogP contribution in [0.5, 0.6) is 0 Å². The van der Waals surface area contributed by atoms with Crippen molar-refractivity contribution in [2.75, 3.05) is 0 Å². The predicted octanol–water partition coefficient (Wildman–Crippen LogP) is 3.28. The van der Waals surface area contributed by atoms with Crippen molar-refractivity contribution in [2.24, 2.45) is 0 Å². The quantitative estimate of drug-likeness (QED) is 0.920. The molecule has 0 radical (unpaired) electrons. The molecule has 0 aliphatic rings. The van der Waals surface area contributed by atoms with Crippen LogP contribution in [0.4, 0.5) is 0 Å². The number of benzene rings is 1. The monoisotopic (exact) mass is 264 g/mol. The summed E-state index contributed by atoms with van der Waals surface area (Å²) in [6.07, 6.45) is 1.81. The zero-order valence-corrected chi connectivity index (χ0v) is 11.4. The van der Waals surface area contributed by atoms with Crippen LogP contribution < -0.4 is 0 Å². The van der Waals surface area contributed by atoms with Gasteiger partial charge in [0.15, 0.2) is 0 Å². The molecular weight excluding hydrogens is 248 g/mol. The fourth-order valence-electron chi connectivity index (χ4n) is 2.00. The van der Waals surface area contributed by atoms with Gasteiger partial charge in [0.1, 0.15) is 5.15 Å². The number of rotatable bonds is 4. The summed E-state index contributed by atoms with van der Waals surface area (Å²) in [7, 11) is 0. The van der Waals surface area contributed by atoms with E-state index in [4.69, 9.17) is 11.6 Å². The van der Waals surface area contributed by atoms with E-state index in [0.717, 1.165) is 35.3 Å². The van der Waals surface area contributed by atoms with Gasteiger partial charge >= 0.3 is 0 Å². The van der Waals surface area contributed by atoms with Crippen LogP contribution in [-0.2, 0) is 13.0 Å². The predicted molar refractivity (Wildman–Crippen MR) is 73.2 cm³/mol. The number of aliphatic hydroxyl groups excluding tert-OH is 1.